The highest BCUT2D eigenvalue weighted by Gasteiger charge is 2.39. The van der Waals surface area contributed by atoms with Crippen LogP contribution in [0, 0.1) is 6.92 Å². The molecule has 2 aromatic rings. The first kappa shape index (κ1) is 14.9. The van der Waals surface area contributed by atoms with E-state index in [-0.39, 0.29) is 0 Å². The molecule has 1 aliphatic rings. The van der Waals surface area contributed by atoms with E-state index < -0.39 is 5.79 Å². The number of hydrogen-bond donors (Lipinski definition) is 0. The monoisotopic (exact) mass is 296 g/mol. The molecule has 0 unspecified atom stereocenters. The van der Waals surface area contributed by atoms with Crippen LogP contribution in [-0.2, 0) is 15.3 Å². The summed E-state index contributed by atoms with van der Waals surface area (Å²) in [5.74, 6) is -0.782. The summed E-state index contributed by atoms with van der Waals surface area (Å²) in [5, 5.41) is 0. The van der Waals surface area contributed by atoms with Crippen molar-refractivity contribution in [3.63, 3.8) is 0 Å². The lowest BCUT2D eigenvalue weighted by molar-refractivity contribution is -0.167. The van der Waals surface area contributed by atoms with Crippen molar-refractivity contribution in [3.8, 4) is 11.1 Å². The number of aldehydes is 1. The summed E-state index contributed by atoms with van der Waals surface area (Å²) in [4.78, 5) is 11.7. The van der Waals surface area contributed by atoms with Gasteiger partial charge in [0.2, 0.25) is 0 Å². The Morgan fingerprint density at radius 2 is 1.77 bits per heavy atom. The molecule has 0 atom stereocenters. The Morgan fingerprint density at radius 3 is 2.36 bits per heavy atom. The van der Waals surface area contributed by atoms with E-state index in [1.807, 2.05) is 38.1 Å². The van der Waals surface area contributed by atoms with Gasteiger partial charge in [0.25, 0.3) is 0 Å². The fourth-order valence-electron chi connectivity index (χ4n) is 3.15. The van der Waals surface area contributed by atoms with E-state index in [1.165, 1.54) is 0 Å². The van der Waals surface area contributed by atoms with E-state index in [4.69, 9.17) is 9.47 Å². The van der Waals surface area contributed by atoms with Crippen LogP contribution >= 0.6 is 0 Å². The molecular formula is C19H20O3. The van der Waals surface area contributed by atoms with Gasteiger partial charge in [-0.2, -0.15) is 0 Å². The maximum atomic E-state index is 11.7. The second-order valence-electron chi connectivity index (χ2n) is 5.49. The van der Waals surface area contributed by atoms with Gasteiger partial charge in [0.05, 0.1) is 13.2 Å². The molecule has 0 amide bonds. The van der Waals surface area contributed by atoms with Crippen LogP contribution in [0.4, 0.5) is 0 Å². The molecular weight excluding hydrogens is 276 g/mol. The first-order valence-electron chi connectivity index (χ1n) is 7.64. The molecule has 1 fully saturated rings. The number of benzene rings is 2. The minimum absolute atomic E-state index is 0.561. The summed E-state index contributed by atoms with van der Waals surface area (Å²) >= 11 is 0. The Hall–Kier alpha value is -1.97. The first-order chi connectivity index (χ1) is 10.7. The number of carbonyl (C=O) groups excluding carboxylic acids is 1. The summed E-state index contributed by atoms with van der Waals surface area (Å²) in [6.45, 7) is 5.12. The number of rotatable bonds is 4. The van der Waals surface area contributed by atoms with Gasteiger partial charge in [-0.15, -0.1) is 0 Å². The molecule has 3 nitrogen and oxygen atoms in total. The van der Waals surface area contributed by atoms with E-state index in [1.54, 1.807) is 0 Å². The van der Waals surface area contributed by atoms with Crippen LogP contribution in [0.3, 0.4) is 0 Å². The molecule has 2 aromatic carbocycles. The van der Waals surface area contributed by atoms with Crippen LogP contribution in [0.15, 0.2) is 42.5 Å². The third-order valence-corrected chi connectivity index (χ3v) is 4.35. The number of hydrogen-bond acceptors (Lipinski definition) is 3. The highest BCUT2D eigenvalue weighted by molar-refractivity contribution is 5.85. The summed E-state index contributed by atoms with van der Waals surface area (Å²) < 4.78 is 11.7. The van der Waals surface area contributed by atoms with E-state index in [0.29, 0.717) is 25.2 Å². The third-order valence-electron chi connectivity index (χ3n) is 4.35. The van der Waals surface area contributed by atoms with Crippen LogP contribution in [0.2, 0.25) is 0 Å². The van der Waals surface area contributed by atoms with Gasteiger partial charge in [0.1, 0.15) is 0 Å². The average Bonchev–Trinajstić information content (AvgIpc) is 3.05. The lowest BCUT2D eigenvalue weighted by Crippen LogP contribution is -2.28. The topological polar surface area (TPSA) is 35.5 Å². The zero-order chi connectivity index (χ0) is 15.6. The third kappa shape index (κ3) is 2.36. The molecule has 22 heavy (non-hydrogen) atoms. The van der Waals surface area contributed by atoms with Gasteiger partial charge in [-0.05, 0) is 23.6 Å². The fourth-order valence-corrected chi connectivity index (χ4v) is 3.15. The van der Waals surface area contributed by atoms with Crippen LogP contribution in [0.25, 0.3) is 11.1 Å². The highest BCUT2D eigenvalue weighted by atomic mass is 16.7. The van der Waals surface area contributed by atoms with Crippen molar-refractivity contribution in [2.24, 2.45) is 0 Å². The molecule has 0 aliphatic carbocycles. The maximum absolute atomic E-state index is 11.7. The summed E-state index contributed by atoms with van der Waals surface area (Å²) in [7, 11) is 0. The summed E-state index contributed by atoms with van der Waals surface area (Å²) in [6.07, 6.45) is 1.59. The van der Waals surface area contributed by atoms with E-state index in [9.17, 15) is 4.79 Å². The zero-order valence-corrected chi connectivity index (χ0v) is 13.0. The molecule has 0 N–H and O–H groups in total. The van der Waals surface area contributed by atoms with Crippen molar-refractivity contribution < 1.29 is 14.3 Å². The normalized spacial score (nSPS) is 16.6. The van der Waals surface area contributed by atoms with Crippen molar-refractivity contribution >= 4 is 6.29 Å². The predicted molar refractivity (Wildman–Crippen MR) is 85.9 cm³/mol. The quantitative estimate of drug-likeness (QED) is 0.797. The minimum atomic E-state index is -0.782. The van der Waals surface area contributed by atoms with E-state index in [0.717, 1.165) is 28.5 Å². The molecule has 3 heteroatoms. The van der Waals surface area contributed by atoms with Gasteiger partial charge >= 0.3 is 0 Å². The van der Waals surface area contributed by atoms with Crippen LogP contribution < -0.4 is 0 Å². The van der Waals surface area contributed by atoms with Gasteiger partial charge in [0.15, 0.2) is 12.1 Å². The second kappa shape index (κ2) is 6.03. The fraction of sp³-hybridized carbons (Fsp3) is 0.316. The van der Waals surface area contributed by atoms with Crippen molar-refractivity contribution in [1.82, 2.24) is 0 Å². The predicted octanol–water partition coefficient (Wildman–Crippen LogP) is 4.08. The Morgan fingerprint density at radius 1 is 1.09 bits per heavy atom. The van der Waals surface area contributed by atoms with Crippen LogP contribution in [0.1, 0.15) is 34.8 Å². The Kier molecular flexibility index (Phi) is 4.10. The maximum Gasteiger partial charge on any atom is 0.195 e. The average molecular weight is 296 g/mol. The molecule has 114 valence electrons. The molecule has 0 spiro atoms. The molecule has 0 bridgehead atoms. The standard InChI is InChI=1S/C19H20O3/c1-3-19(21-11-12-22-19)18-10-9-16(14(2)17(18)13-20)15-7-5-4-6-8-15/h4-10,13H,3,11-12H2,1-2H3. The van der Waals surface area contributed by atoms with Crippen molar-refractivity contribution in [1.29, 1.82) is 0 Å². The Balaban J connectivity index is 2.15. The van der Waals surface area contributed by atoms with Gasteiger partial charge in [-0.3, -0.25) is 4.79 Å². The molecule has 1 aliphatic heterocycles. The Labute approximate surface area is 130 Å². The van der Waals surface area contributed by atoms with E-state index >= 15 is 0 Å². The van der Waals surface area contributed by atoms with E-state index in [2.05, 4.69) is 18.2 Å². The van der Waals surface area contributed by atoms with Crippen molar-refractivity contribution in [2.75, 3.05) is 13.2 Å². The largest absolute Gasteiger partial charge is 0.343 e. The van der Waals surface area contributed by atoms with Gasteiger partial charge in [-0.25, -0.2) is 0 Å². The zero-order valence-electron chi connectivity index (χ0n) is 13.0. The van der Waals surface area contributed by atoms with Gasteiger partial charge < -0.3 is 9.47 Å². The van der Waals surface area contributed by atoms with Crippen LogP contribution in [-0.4, -0.2) is 19.5 Å². The molecule has 0 radical (unpaired) electrons. The smallest absolute Gasteiger partial charge is 0.195 e. The molecule has 3 rings (SSSR count). The first-order valence-corrected chi connectivity index (χ1v) is 7.64. The Bertz CT molecular complexity index is 671. The second-order valence-corrected chi connectivity index (χ2v) is 5.49. The SMILES string of the molecule is CCC1(c2ccc(-c3ccccc3)c(C)c2C=O)OCCO1. The van der Waals surface area contributed by atoms with Crippen molar-refractivity contribution in [2.45, 2.75) is 26.1 Å². The molecule has 0 aromatic heterocycles. The van der Waals surface area contributed by atoms with Gasteiger partial charge in [-0.1, -0.05) is 49.4 Å². The minimum Gasteiger partial charge on any atom is -0.343 e. The number of carbonyl (C=O) groups is 1. The lowest BCUT2D eigenvalue weighted by atomic mass is 9.89. The van der Waals surface area contributed by atoms with Crippen LogP contribution in [0.5, 0.6) is 0 Å². The highest BCUT2D eigenvalue weighted by Crippen LogP contribution is 2.39. The van der Waals surface area contributed by atoms with Gasteiger partial charge in [0, 0.05) is 17.5 Å². The summed E-state index contributed by atoms with van der Waals surface area (Å²) in [6, 6.07) is 14.1. The molecule has 1 saturated heterocycles. The van der Waals surface area contributed by atoms with Crippen molar-refractivity contribution in [3.05, 3.63) is 59.2 Å². The summed E-state index contributed by atoms with van der Waals surface area (Å²) in [5.41, 5.74) is 4.64. The number of ether oxygens (including phenoxy) is 2. The molecule has 0 saturated carbocycles. The molecule has 1 heterocycles. The lowest BCUT2D eigenvalue weighted by Gasteiger charge is -2.29.